The molecule has 6 nitrogen and oxygen atoms in total. The molecule has 8 heteroatoms. The maximum absolute atomic E-state index is 10.3. The van der Waals surface area contributed by atoms with Crippen LogP contribution in [0.15, 0.2) is 18.5 Å². The highest BCUT2D eigenvalue weighted by atomic mass is 35.5. The van der Waals surface area contributed by atoms with Crippen LogP contribution in [0, 0.1) is 0 Å². The molecule has 2 aromatic heterocycles. The van der Waals surface area contributed by atoms with Gasteiger partial charge in [0.05, 0.1) is 36.2 Å². The Morgan fingerprint density at radius 3 is 2.40 bits per heavy atom. The van der Waals surface area contributed by atoms with E-state index in [4.69, 9.17) is 32.7 Å². The first-order valence-corrected chi connectivity index (χ1v) is 6.26. The number of rotatable bonds is 4. The molecule has 0 bridgehead atoms. The summed E-state index contributed by atoms with van der Waals surface area (Å²) in [6.07, 6.45) is 1.56. The number of aliphatic hydroxyl groups excluding tert-OH is 1. The van der Waals surface area contributed by atoms with E-state index in [1.807, 2.05) is 0 Å². The molecule has 0 aliphatic heterocycles. The maximum Gasteiger partial charge on any atom is 0.241 e. The first-order valence-electron chi connectivity index (χ1n) is 5.50. The number of halogens is 2. The van der Waals surface area contributed by atoms with Gasteiger partial charge in [-0.15, -0.1) is 0 Å². The molecule has 0 amide bonds. The lowest BCUT2D eigenvalue weighted by Crippen LogP contribution is -2.09. The lowest BCUT2D eigenvalue weighted by molar-refractivity contribution is 0.202. The Hall–Kier alpha value is -1.63. The molecule has 0 fully saturated rings. The van der Waals surface area contributed by atoms with Crippen LogP contribution in [0.5, 0.6) is 11.8 Å². The van der Waals surface area contributed by atoms with Gasteiger partial charge in [0.15, 0.2) is 0 Å². The smallest absolute Gasteiger partial charge is 0.241 e. The standard InChI is InChI=1S/C12H11Cl2N3O3/c1-19-8-5-16-10(12(17-8)20-2)11(18)9-7(14)3-6(13)4-15-9/h3-5,11,18H,1-2H3. The summed E-state index contributed by atoms with van der Waals surface area (Å²) in [4.78, 5) is 12.1. The van der Waals surface area contributed by atoms with E-state index >= 15 is 0 Å². The predicted octanol–water partition coefficient (Wildman–Crippen LogP) is 2.28. The van der Waals surface area contributed by atoms with Gasteiger partial charge in [0.25, 0.3) is 0 Å². The van der Waals surface area contributed by atoms with Gasteiger partial charge in [0, 0.05) is 6.20 Å². The molecule has 2 heterocycles. The minimum absolute atomic E-state index is 0.129. The van der Waals surface area contributed by atoms with E-state index in [1.54, 1.807) is 0 Å². The quantitative estimate of drug-likeness (QED) is 0.932. The fraction of sp³-hybridized carbons (Fsp3) is 0.250. The van der Waals surface area contributed by atoms with Crippen LogP contribution in [0.3, 0.4) is 0 Å². The molecule has 0 saturated carbocycles. The van der Waals surface area contributed by atoms with Crippen molar-refractivity contribution in [3.8, 4) is 11.8 Å². The Morgan fingerprint density at radius 2 is 1.80 bits per heavy atom. The molecule has 0 saturated heterocycles. The van der Waals surface area contributed by atoms with Crippen LogP contribution >= 0.6 is 23.2 Å². The number of hydrogen-bond acceptors (Lipinski definition) is 6. The van der Waals surface area contributed by atoms with Crippen LogP contribution in [0.1, 0.15) is 17.5 Å². The highest BCUT2D eigenvalue weighted by Gasteiger charge is 2.23. The van der Waals surface area contributed by atoms with Crippen molar-refractivity contribution >= 4 is 23.2 Å². The molecule has 0 aliphatic rings. The molecule has 106 valence electrons. The third kappa shape index (κ3) is 2.92. The van der Waals surface area contributed by atoms with Gasteiger partial charge in [0.2, 0.25) is 11.8 Å². The van der Waals surface area contributed by atoms with Crippen LogP contribution < -0.4 is 9.47 Å². The second kappa shape index (κ2) is 6.21. The number of nitrogens with zero attached hydrogens (tertiary/aromatic N) is 3. The van der Waals surface area contributed by atoms with Crippen molar-refractivity contribution in [2.24, 2.45) is 0 Å². The second-order valence-electron chi connectivity index (χ2n) is 3.73. The zero-order chi connectivity index (χ0) is 14.7. The van der Waals surface area contributed by atoms with E-state index in [2.05, 4.69) is 15.0 Å². The first-order chi connectivity index (χ1) is 9.56. The molecule has 2 aromatic rings. The Labute approximate surface area is 125 Å². The van der Waals surface area contributed by atoms with Crippen LogP contribution in [-0.2, 0) is 0 Å². The first kappa shape index (κ1) is 14.8. The van der Waals surface area contributed by atoms with Crippen molar-refractivity contribution in [1.29, 1.82) is 0 Å². The van der Waals surface area contributed by atoms with Crippen molar-refractivity contribution in [3.63, 3.8) is 0 Å². The summed E-state index contributed by atoms with van der Waals surface area (Å²) >= 11 is 11.8. The van der Waals surface area contributed by atoms with Crippen molar-refractivity contribution in [1.82, 2.24) is 15.0 Å². The van der Waals surface area contributed by atoms with E-state index in [0.29, 0.717) is 5.02 Å². The number of hydrogen-bond donors (Lipinski definition) is 1. The molecular formula is C12H11Cl2N3O3. The van der Waals surface area contributed by atoms with Gasteiger partial charge in [-0.2, -0.15) is 4.98 Å². The molecule has 0 aromatic carbocycles. The largest absolute Gasteiger partial charge is 0.480 e. The Bertz CT molecular complexity index is 625. The number of methoxy groups -OCH3 is 2. The van der Waals surface area contributed by atoms with Gasteiger partial charge in [-0.25, -0.2) is 4.98 Å². The minimum atomic E-state index is -1.19. The third-order valence-corrected chi connectivity index (χ3v) is 3.01. The zero-order valence-corrected chi connectivity index (χ0v) is 12.2. The summed E-state index contributed by atoms with van der Waals surface area (Å²) in [6.45, 7) is 0. The van der Waals surface area contributed by atoms with Gasteiger partial charge in [-0.05, 0) is 6.07 Å². The van der Waals surface area contributed by atoms with Gasteiger partial charge in [-0.3, -0.25) is 4.98 Å². The van der Waals surface area contributed by atoms with E-state index in [9.17, 15) is 5.11 Å². The Balaban J connectivity index is 2.44. The summed E-state index contributed by atoms with van der Waals surface area (Å²) in [5, 5.41) is 10.9. The predicted molar refractivity (Wildman–Crippen MR) is 73.5 cm³/mol. The fourth-order valence-electron chi connectivity index (χ4n) is 1.56. The third-order valence-electron chi connectivity index (χ3n) is 2.50. The summed E-state index contributed by atoms with van der Waals surface area (Å²) in [7, 11) is 2.87. The normalized spacial score (nSPS) is 12.1. The van der Waals surface area contributed by atoms with E-state index < -0.39 is 6.10 Å². The number of ether oxygens (including phenoxy) is 2. The van der Waals surface area contributed by atoms with E-state index in [-0.39, 0.29) is 28.2 Å². The van der Waals surface area contributed by atoms with Crippen molar-refractivity contribution < 1.29 is 14.6 Å². The van der Waals surface area contributed by atoms with Gasteiger partial charge < -0.3 is 14.6 Å². The summed E-state index contributed by atoms with van der Waals surface area (Å²) < 4.78 is 10.0. The van der Waals surface area contributed by atoms with Gasteiger partial charge in [-0.1, -0.05) is 23.2 Å². The molecule has 2 rings (SSSR count). The monoisotopic (exact) mass is 315 g/mol. The Kier molecular flexibility index (Phi) is 4.59. The lowest BCUT2D eigenvalue weighted by atomic mass is 10.1. The van der Waals surface area contributed by atoms with Gasteiger partial charge in [0.1, 0.15) is 11.8 Å². The van der Waals surface area contributed by atoms with Gasteiger partial charge >= 0.3 is 0 Å². The van der Waals surface area contributed by atoms with Crippen LogP contribution in [0.4, 0.5) is 0 Å². The van der Waals surface area contributed by atoms with Crippen molar-refractivity contribution in [3.05, 3.63) is 39.9 Å². The number of pyridine rings is 1. The topological polar surface area (TPSA) is 77.4 Å². The van der Waals surface area contributed by atoms with Crippen LogP contribution in [0.25, 0.3) is 0 Å². The van der Waals surface area contributed by atoms with Crippen molar-refractivity contribution in [2.75, 3.05) is 14.2 Å². The molecule has 1 unspecified atom stereocenters. The number of aromatic nitrogens is 3. The summed E-state index contributed by atoms with van der Waals surface area (Å²) in [5.41, 5.74) is 0.402. The van der Waals surface area contributed by atoms with Crippen LogP contribution in [0.2, 0.25) is 10.0 Å². The SMILES string of the molecule is COc1cnc(C(O)c2ncc(Cl)cc2Cl)c(OC)n1. The molecule has 0 aliphatic carbocycles. The minimum Gasteiger partial charge on any atom is -0.480 e. The average Bonchev–Trinajstić information content (AvgIpc) is 2.46. The molecule has 0 spiro atoms. The highest BCUT2D eigenvalue weighted by Crippen LogP contribution is 2.31. The second-order valence-corrected chi connectivity index (χ2v) is 4.57. The molecule has 0 radical (unpaired) electrons. The summed E-state index contributed by atoms with van der Waals surface area (Å²) in [5.74, 6) is 0.401. The average molecular weight is 316 g/mol. The van der Waals surface area contributed by atoms with Crippen LogP contribution in [-0.4, -0.2) is 34.3 Å². The number of aliphatic hydroxyl groups is 1. The maximum atomic E-state index is 10.3. The molecular weight excluding hydrogens is 305 g/mol. The molecule has 1 atom stereocenters. The highest BCUT2D eigenvalue weighted by molar-refractivity contribution is 6.34. The zero-order valence-electron chi connectivity index (χ0n) is 10.7. The van der Waals surface area contributed by atoms with E-state index in [0.717, 1.165) is 0 Å². The molecule has 1 N–H and O–H groups in total. The Morgan fingerprint density at radius 1 is 1.10 bits per heavy atom. The molecule has 20 heavy (non-hydrogen) atoms. The fourth-order valence-corrected chi connectivity index (χ4v) is 2.04. The summed E-state index contributed by atoms with van der Waals surface area (Å²) in [6, 6.07) is 1.48. The van der Waals surface area contributed by atoms with Crippen molar-refractivity contribution in [2.45, 2.75) is 6.10 Å². The van der Waals surface area contributed by atoms with E-state index in [1.165, 1.54) is 32.7 Å². The lowest BCUT2D eigenvalue weighted by Gasteiger charge is -2.14.